The van der Waals surface area contributed by atoms with Crippen LogP contribution in [-0.2, 0) is 4.74 Å². The van der Waals surface area contributed by atoms with Crippen LogP contribution in [0.25, 0.3) is 0 Å². The van der Waals surface area contributed by atoms with Gasteiger partial charge in [0.1, 0.15) is 0 Å². The van der Waals surface area contributed by atoms with E-state index in [1.807, 2.05) is 6.92 Å². The first-order valence-electron chi connectivity index (χ1n) is 3.62. The number of amides is 1. The van der Waals surface area contributed by atoms with Gasteiger partial charge in [-0.3, -0.25) is 0 Å². The fourth-order valence-electron chi connectivity index (χ4n) is 1.07. The molecule has 64 valence electrons. The Morgan fingerprint density at radius 2 is 2.67 bits per heavy atom. The minimum absolute atomic E-state index is 0.135. The van der Waals surface area contributed by atoms with Gasteiger partial charge in [0.15, 0.2) is 6.10 Å². The minimum Gasteiger partial charge on any atom is -0.439 e. The number of carbonyl (C=O) groups is 1. The number of hydrogen-bond donors (Lipinski definition) is 1. The van der Waals surface area contributed by atoms with Crippen molar-refractivity contribution in [2.75, 3.05) is 6.54 Å². The summed E-state index contributed by atoms with van der Waals surface area (Å²) < 4.78 is 4.98. The molecule has 4 nitrogen and oxygen atoms in total. The summed E-state index contributed by atoms with van der Waals surface area (Å²) >= 11 is 1.56. The minimum atomic E-state index is -0.342. The molecule has 1 aliphatic heterocycles. The van der Waals surface area contributed by atoms with Crippen LogP contribution < -0.4 is 5.32 Å². The summed E-state index contributed by atoms with van der Waals surface area (Å²) in [4.78, 5) is 15.8. The smallest absolute Gasteiger partial charge is 0.407 e. The molecule has 1 fully saturated rings. The molecule has 0 aromatic carbocycles. The van der Waals surface area contributed by atoms with Crippen molar-refractivity contribution < 1.29 is 9.53 Å². The van der Waals surface area contributed by atoms with Crippen molar-refractivity contribution in [3.63, 3.8) is 0 Å². The molecular weight excluding hydrogens is 176 g/mol. The van der Waals surface area contributed by atoms with Crippen LogP contribution in [0.5, 0.6) is 0 Å². The molecule has 5 heteroatoms. The topological polar surface area (TPSA) is 51.2 Å². The van der Waals surface area contributed by atoms with Crippen LogP contribution in [0, 0.1) is 6.92 Å². The summed E-state index contributed by atoms with van der Waals surface area (Å²) in [7, 11) is 0. The number of aryl methyl sites for hydroxylation is 1. The van der Waals surface area contributed by atoms with Crippen molar-refractivity contribution in [2.45, 2.75) is 13.0 Å². The second kappa shape index (κ2) is 2.75. The molecule has 0 radical (unpaired) electrons. The van der Waals surface area contributed by atoms with Gasteiger partial charge in [-0.25, -0.2) is 9.78 Å². The second-order valence-electron chi connectivity index (χ2n) is 2.56. The molecule has 1 aromatic heterocycles. The molecular formula is C7H8N2O2S. The molecule has 1 amide bonds. The van der Waals surface area contributed by atoms with E-state index in [2.05, 4.69) is 10.3 Å². The van der Waals surface area contributed by atoms with Crippen molar-refractivity contribution in [3.8, 4) is 0 Å². The van der Waals surface area contributed by atoms with Crippen molar-refractivity contribution in [2.24, 2.45) is 0 Å². The first-order valence-corrected chi connectivity index (χ1v) is 4.44. The van der Waals surface area contributed by atoms with Crippen molar-refractivity contribution >= 4 is 17.4 Å². The number of hydrogen-bond acceptors (Lipinski definition) is 4. The Labute approximate surface area is 73.6 Å². The summed E-state index contributed by atoms with van der Waals surface area (Å²) in [5, 5.41) is 3.59. The molecule has 1 unspecified atom stereocenters. The molecule has 1 aromatic rings. The zero-order chi connectivity index (χ0) is 8.55. The molecule has 1 N–H and O–H groups in total. The Balaban J connectivity index is 2.15. The Morgan fingerprint density at radius 1 is 1.83 bits per heavy atom. The highest BCUT2D eigenvalue weighted by atomic mass is 32.1. The maximum absolute atomic E-state index is 10.7. The molecule has 0 spiro atoms. The van der Waals surface area contributed by atoms with Crippen LogP contribution in [-0.4, -0.2) is 17.6 Å². The van der Waals surface area contributed by atoms with Gasteiger partial charge in [-0.1, -0.05) is 0 Å². The average Bonchev–Trinajstić information content (AvgIpc) is 2.58. The number of alkyl carbamates (subject to hydrolysis) is 1. The first-order chi connectivity index (χ1) is 5.75. The number of nitrogens with one attached hydrogen (secondary N) is 1. The molecule has 1 saturated heterocycles. The monoisotopic (exact) mass is 184 g/mol. The molecule has 0 saturated carbocycles. The number of carbonyl (C=O) groups excluding carboxylic acids is 1. The lowest BCUT2D eigenvalue weighted by atomic mass is 10.3. The molecule has 12 heavy (non-hydrogen) atoms. The molecule has 1 atom stereocenters. The zero-order valence-corrected chi connectivity index (χ0v) is 7.35. The van der Waals surface area contributed by atoms with E-state index in [0.29, 0.717) is 6.54 Å². The second-order valence-corrected chi connectivity index (χ2v) is 3.82. The third-order valence-electron chi connectivity index (χ3n) is 1.64. The van der Waals surface area contributed by atoms with Gasteiger partial charge in [0.25, 0.3) is 0 Å². The van der Waals surface area contributed by atoms with Crippen LogP contribution in [0.1, 0.15) is 16.0 Å². The normalized spacial score (nSPS) is 22.1. The van der Waals surface area contributed by atoms with Gasteiger partial charge in [-0.15, -0.1) is 11.3 Å². The number of ether oxygens (including phenoxy) is 1. The maximum Gasteiger partial charge on any atom is 0.407 e. The van der Waals surface area contributed by atoms with Gasteiger partial charge in [0.2, 0.25) is 0 Å². The number of nitrogens with zero attached hydrogens (tertiary/aromatic N) is 1. The molecule has 0 aliphatic carbocycles. The standard InChI is InChI=1S/C7H8N2O2S/c1-4-8-3-6(12-4)5-2-9-7(10)11-5/h3,5H,2H2,1H3,(H,9,10). The Hall–Kier alpha value is -1.10. The van der Waals surface area contributed by atoms with E-state index >= 15 is 0 Å². The third kappa shape index (κ3) is 1.27. The highest BCUT2D eigenvalue weighted by Gasteiger charge is 2.25. The molecule has 2 rings (SSSR count). The summed E-state index contributed by atoms with van der Waals surface area (Å²) in [6, 6.07) is 0. The van der Waals surface area contributed by atoms with Gasteiger partial charge in [0, 0.05) is 6.20 Å². The fourth-order valence-corrected chi connectivity index (χ4v) is 1.89. The van der Waals surface area contributed by atoms with Gasteiger partial charge in [0.05, 0.1) is 16.4 Å². The Kier molecular flexibility index (Phi) is 1.73. The highest BCUT2D eigenvalue weighted by molar-refractivity contribution is 7.11. The number of thiazole rings is 1. The van der Waals surface area contributed by atoms with Crippen molar-refractivity contribution in [1.82, 2.24) is 10.3 Å². The average molecular weight is 184 g/mol. The lowest BCUT2D eigenvalue weighted by molar-refractivity contribution is 0.142. The number of aromatic nitrogens is 1. The number of cyclic esters (lactones) is 1. The van der Waals surface area contributed by atoms with E-state index < -0.39 is 0 Å². The van der Waals surface area contributed by atoms with Gasteiger partial charge in [-0.05, 0) is 6.92 Å². The van der Waals surface area contributed by atoms with E-state index in [9.17, 15) is 4.79 Å². The fraction of sp³-hybridized carbons (Fsp3) is 0.429. The Morgan fingerprint density at radius 3 is 3.17 bits per heavy atom. The lowest BCUT2D eigenvalue weighted by Gasteiger charge is -2.01. The van der Waals surface area contributed by atoms with E-state index in [-0.39, 0.29) is 12.2 Å². The summed E-state index contributed by atoms with van der Waals surface area (Å²) in [5.74, 6) is 0. The molecule has 1 aliphatic rings. The van der Waals surface area contributed by atoms with Crippen LogP contribution in [0.15, 0.2) is 6.20 Å². The predicted molar refractivity (Wildman–Crippen MR) is 44.1 cm³/mol. The van der Waals surface area contributed by atoms with Crippen LogP contribution in [0.4, 0.5) is 4.79 Å². The van der Waals surface area contributed by atoms with E-state index in [0.717, 1.165) is 9.88 Å². The summed E-state index contributed by atoms with van der Waals surface area (Å²) in [6.07, 6.45) is 1.28. The molecule has 0 bridgehead atoms. The van der Waals surface area contributed by atoms with Gasteiger partial charge < -0.3 is 10.1 Å². The van der Waals surface area contributed by atoms with Crippen LogP contribution in [0.2, 0.25) is 0 Å². The maximum atomic E-state index is 10.7. The van der Waals surface area contributed by atoms with Gasteiger partial charge >= 0.3 is 6.09 Å². The molecule has 2 heterocycles. The lowest BCUT2D eigenvalue weighted by Crippen LogP contribution is -2.12. The summed E-state index contributed by atoms with van der Waals surface area (Å²) in [5.41, 5.74) is 0. The van der Waals surface area contributed by atoms with E-state index in [1.54, 1.807) is 17.5 Å². The van der Waals surface area contributed by atoms with Crippen molar-refractivity contribution in [1.29, 1.82) is 0 Å². The summed E-state index contributed by atoms with van der Waals surface area (Å²) in [6.45, 7) is 2.48. The quantitative estimate of drug-likeness (QED) is 0.714. The van der Waals surface area contributed by atoms with E-state index in [1.165, 1.54) is 0 Å². The van der Waals surface area contributed by atoms with Crippen molar-refractivity contribution in [3.05, 3.63) is 16.1 Å². The third-order valence-corrected chi connectivity index (χ3v) is 2.64. The number of rotatable bonds is 1. The predicted octanol–water partition coefficient (Wildman–Crippen LogP) is 1.23. The highest BCUT2D eigenvalue weighted by Crippen LogP contribution is 2.25. The Bertz CT molecular complexity index is 310. The van der Waals surface area contributed by atoms with Crippen LogP contribution >= 0.6 is 11.3 Å². The largest absolute Gasteiger partial charge is 0.439 e. The first kappa shape index (κ1) is 7.54. The zero-order valence-electron chi connectivity index (χ0n) is 6.53. The van der Waals surface area contributed by atoms with Crippen LogP contribution in [0.3, 0.4) is 0 Å². The van der Waals surface area contributed by atoms with Gasteiger partial charge in [-0.2, -0.15) is 0 Å². The SMILES string of the molecule is Cc1ncc(C2CNC(=O)O2)s1. The van der Waals surface area contributed by atoms with E-state index in [4.69, 9.17) is 4.74 Å².